The van der Waals surface area contributed by atoms with Gasteiger partial charge in [-0.1, -0.05) is 0 Å². The normalized spacial score (nSPS) is 13.7. The Balaban J connectivity index is 1.49. The van der Waals surface area contributed by atoms with E-state index in [2.05, 4.69) is 10.5 Å². The van der Waals surface area contributed by atoms with Crippen LogP contribution in [0.2, 0.25) is 0 Å². The lowest BCUT2D eigenvalue weighted by molar-refractivity contribution is -0.137. The highest BCUT2D eigenvalue weighted by molar-refractivity contribution is 5.95. The molecule has 0 atom stereocenters. The Morgan fingerprint density at radius 3 is 2.45 bits per heavy atom. The third kappa shape index (κ3) is 6.19. The minimum Gasteiger partial charge on any atom is -0.493 e. The zero-order valence-corrected chi connectivity index (χ0v) is 17.5. The maximum absolute atomic E-state index is 12.3. The number of morpholine rings is 1. The van der Waals surface area contributed by atoms with Gasteiger partial charge in [0.05, 0.1) is 33.6 Å². The van der Waals surface area contributed by atoms with Crippen LogP contribution in [0, 0.1) is 0 Å². The quantitative estimate of drug-likeness (QED) is 0.509. The molecule has 2 aromatic rings. The molecule has 1 aliphatic rings. The highest BCUT2D eigenvalue weighted by Crippen LogP contribution is 2.27. The second-order valence-electron chi connectivity index (χ2n) is 6.62. The minimum absolute atomic E-state index is 0.0190. The zero-order chi connectivity index (χ0) is 22.1. The summed E-state index contributed by atoms with van der Waals surface area (Å²) in [7, 11) is 3.03. The smallest absolute Gasteiger partial charge is 0.271 e. The molecule has 164 valence electrons. The van der Waals surface area contributed by atoms with E-state index in [0.29, 0.717) is 49.1 Å². The predicted molar refractivity (Wildman–Crippen MR) is 114 cm³/mol. The zero-order valence-electron chi connectivity index (χ0n) is 17.5. The Hall–Kier alpha value is -3.59. The number of hydrogen-bond acceptors (Lipinski definition) is 7. The summed E-state index contributed by atoms with van der Waals surface area (Å²) in [5.74, 6) is 1.14. The fraction of sp³-hybridized carbons (Fsp3) is 0.318. The van der Waals surface area contributed by atoms with Gasteiger partial charge in [-0.05, 0) is 48.0 Å². The molecular formula is C22H25N3O6. The number of nitrogens with one attached hydrogen (secondary N) is 1. The number of hydrogen-bond donors (Lipinski definition) is 1. The van der Waals surface area contributed by atoms with Crippen LogP contribution >= 0.6 is 0 Å². The van der Waals surface area contributed by atoms with Gasteiger partial charge in [0, 0.05) is 18.7 Å². The molecule has 3 rings (SSSR count). The molecule has 9 heteroatoms. The van der Waals surface area contributed by atoms with Crippen LogP contribution in [0.4, 0.5) is 0 Å². The Morgan fingerprint density at radius 2 is 1.77 bits per heavy atom. The minimum atomic E-state index is -0.376. The highest BCUT2D eigenvalue weighted by Gasteiger charge is 2.17. The van der Waals surface area contributed by atoms with Gasteiger partial charge in [-0.3, -0.25) is 9.59 Å². The van der Waals surface area contributed by atoms with Gasteiger partial charge < -0.3 is 23.8 Å². The van der Waals surface area contributed by atoms with Crippen molar-refractivity contribution in [3.63, 3.8) is 0 Å². The van der Waals surface area contributed by atoms with Crippen molar-refractivity contribution in [2.75, 3.05) is 47.1 Å². The molecule has 0 spiro atoms. The summed E-state index contributed by atoms with van der Waals surface area (Å²) in [5, 5.41) is 3.97. The third-order valence-corrected chi connectivity index (χ3v) is 4.63. The van der Waals surface area contributed by atoms with Crippen LogP contribution in [0.1, 0.15) is 15.9 Å². The van der Waals surface area contributed by atoms with Crippen LogP contribution in [0.25, 0.3) is 0 Å². The molecular weight excluding hydrogens is 402 g/mol. The largest absolute Gasteiger partial charge is 0.493 e. The van der Waals surface area contributed by atoms with E-state index in [0.717, 1.165) is 5.56 Å². The number of ether oxygens (including phenoxy) is 4. The van der Waals surface area contributed by atoms with Gasteiger partial charge in [0.15, 0.2) is 18.1 Å². The summed E-state index contributed by atoms with van der Waals surface area (Å²) in [6, 6.07) is 11.9. The molecule has 31 heavy (non-hydrogen) atoms. The first-order chi connectivity index (χ1) is 15.1. The number of rotatable bonds is 8. The monoisotopic (exact) mass is 427 g/mol. The molecule has 0 saturated carbocycles. The Bertz CT molecular complexity index is 923. The topological polar surface area (TPSA) is 98.7 Å². The molecule has 2 amide bonds. The van der Waals surface area contributed by atoms with E-state index in [1.807, 2.05) is 0 Å². The summed E-state index contributed by atoms with van der Waals surface area (Å²) in [6.07, 6.45) is 1.52. The predicted octanol–water partition coefficient (Wildman–Crippen LogP) is 1.71. The van der Waals surface area contributed by atoms with Crippen LogP contribution in [0.3, 0.4) is 0 Å². The van der Waals surface area contributed by atoms with Crippen LogP contribution < -0.4 is 19.6 Å². The number of amides is 2. The van der Waals surface area contributed by atoms with E-state index < -0.39 is 0 Å². The second kappa shape index (κ2) is 11.0. The van der Waals surface area contributed by atoms with Crippen LogP contribution in [0.15, 0.2) is 47.6 Å². The molecule has 1 aliphatic heterocycles. The lowest BCUT2D eigenvalue weighted by Crippen LogP contribution is -2.42. The van der Waals surface area contributed by atoms with Crippen molar-refractivity contribution in [1.29, 1.82) is 0 Å². The molecule has 2 aromatic carbocycles. The summed E-state index contributed by atoms with van der Waals surface area (Å²) < 4.78 is 21.1. The maximum Gasteiger partial charge on any atom is 0.271 e. The van der Waals surface area contributed by atoms with Gasteiger partial charge in [0.2, 0.25) is 0 Å². The summed E-state index contributed by atoms with van der Waals surface area (Å²) >= 11 is 0. The molecule has 1 fully saturated rings. The van der Waals surface area contributed by atoms with Crippen molar-refractivity contribution >= 4 is 18.0 Å². The van der Waals surface area contributed by atoms with Crippen molar-refractivity contribution in [1.82, 2.24) is 10.3 Å². The van der Waals surface area contributed by atoms with Crippen molar-refractivity contribution in [2.24, 2.45) is 5.10 Å². The van der Waals surface area contributed by atoms with E-state index in [1.54, 1.807) is 47.4 Å². The van der Waals surface area contributed by atoms with Gasteiger partial charge in [0.1, 0.15) is 5.75 Å². The summed E-state index contributed by atoms with van der Waals surface area (Å²) in [5.41, 5.74) is 3.63. The lowest BCUT2D eigenvalue weighted by atomic mass is 10.2. The van der Waals surface area contributed by atoms with E-state index in [4.69, 9.17) is 18.9 Å². The third-order valence-electron chi connectivity index (χ3n) is 4.63. The van der Waals surface area contributed by atoms with Gasteiger partial charge in [-0.2, -0.15) is 5.10 Å². The Morgan fingerprint density at radius 1 is 1.06 bits per heavy atom. The molecule has 0 aliphatic carbocycles. The maximum atomic E-state index is 12.3. The van der Waals surface area contributed by atoms with E-state index in [-0.39, 0.29) is 18.4 Å². The molecule has 1 heterocycles. The van der Waals surface area contributed by atoms with Crippen LogP contribution in [-0.4, -0.2) is 70.1 Å². The second-order valence-corrected chi connectivity index (χ2v) is 6.62. The first-order valence-corrected chi connectivity index (χ1v) is 9.74. The SMILES string of the molecule is COc1ccc(C(=O)N/N=C/c2ccc(OCC(=O)N3CCOCC3)cc2)cc1OC. The number of benzene rings is 2. The highest BCUT2D eigenvalue weighted by atomic mass is 16.5. The van der Waals surface area contributed by atoms with Crippen molar-refractivity contribution in [2.45, 2.75) is 0 Å². The van der Waals surface area contributed by atoms with Crippen LogP contribution in [-0.2, 0) is 9.53 Å². The van der Waals surface area contributed by atoms with Crippen molar-refractivity contribution in [3.05, 3.63) is 53.6 Å². The Labute approximate surface area is 180 Å². The number of carbonyl (C=O) groups is 2. The molecule has 0 bridgehead atoms. The Kier molecular flexibility index (Phi) is 7.83. The van der Waals surface area contributed by atoms with E-state index >= 15 is 0 Å². The molecule has 1 saturated heterocycles. The number of carbonyl (C=O) groups excluding carboxylic acids is 2. The van der Waals surface area contributed by atoms with Gasteiger partial charge in [-0.25, -0.2) is 5.43 Å². The fourth-order valence-electron chi connectivity index (χ4n) is 2.91. The van der Waals surface area contributed by atoms with Crippen molar-refractivity contribution < 1.29 is 28.5 Å². The van der Waals surface area contributed by atoms with E-state index in [9.17, 15) is 9.59 Å². The van der Waals surface area contributed by atoms with Gasteiger partial charge in [-0.15, -0.1) is 0 Å². The van der Waals surface area contributed by atoms with E-state index in [1.165, 1.54) is 20.4 Å². The molecule has 9 nitrogen and oxygen atoms in total. The van der Waals surface area contributed by atoms with Gasteiger partial charge >= 0.3 is 0 Å². The first kappa shape index (κ1) is 22.1. The van der Waals surface area contributed by atoms with Crippen LogP contribution in [0.5, 0.6) is 17.2 Å². The molecule has 0 radical (unpaired) electrons. The standard InChI is InChI=1S/C22H25N3O6/c1-28-19-8-5-17(13-20(19)29-2)22(27)24-23-14-16-3-6-18(7-4-16)31-15-21(26)25-9-11-30-12-10-25/h3-8,13-14H,9-12,15H2,1-2H3,(H,24,27)/b23-14+. The summed E-state index contributed by atoms with van der Waals surface area (Å²) in [6.45, 7) is 2.28. The number of hydrazone groups is 1. The molecule has 0 unspecified atom stereocenters. The summed E-state index contributed by atoms with van der Waals surface area (Å²) in [4.78, 5) is 26.1. The fourth-order valence-corrected chi connectivity index (χ4v) is 2.91. The number of methoxy groups -OCH3 is 2. The average molecular weight is 427 g/mol. The molecule has 0 aromatic heterocycles. The average Bonchev–Trinajstić information content (AvgIpc) is 2.83. The van der Waals surface area contributed by atoms with Crippen molar-refractivity contribution in [3.8, 4) is 17.2 Å². The number of nitrogens with zero attached hydrogens (tertiary/aromatic N) is 2. The first-order valence-electron chi connectivity index (χ1n) is 9.74. The lowest BCUT2D eigenvalue weighted by Gasteiger charge is -2.26. The molecule has 1 N–H and O–H groups in total. The van der Waals surface area contributed by atoms with Gasteiger partial charge in [0.25, 0.3) is 11.8 Å².